The highest BCUT2D eigenvalue weighted by molar-refractivity contribution is 5.96. The fraction of sp³-hybridized carbons (Fsp3) is 0.375. The van der Waals surface area contributed by atoms with Crippen molar-refractivity contribution in [2.24, 2.45) is 5.41 Å². The van der Waals surface area contributed by atoms with Gasteiger partial charge in [-0.2, -0.15) is 0 Å². The van der Waals surface area contributed by atoms with E-state index in [4.69, 9.17) is 5.11 Å². The van der Waals surface area contributed by atoms with E-state index in [9.17, 15) is 9.59 Å². The maximum atomic E-state index is 12.5. The molecule has 112 valence electrons. The van der Waals surface area contributed by atoms with E-state index in [2.05, 4.69) is 10.6 Å². The van der Waals surface area contributed by atoms with E-state index in [1.54, 1.807) is 18.2 Å². The average Bonchev–Trinajstić information content (AvgIpc) is 2.96. The molecule has 0 saturated carbocycles. The first-order chi connectivity index (χ1) is 10.1. The number of rotatable bonds is 5. The van der Waals surface area contributed by atoms with E-state index in [0.29, 0.717) is 12.2 Å². The summed E-state index contributed by atoms with van der Waals surface area (Å²) < 4.78 is 0. The van der Waals surface area contributed by atoms with E-state index in [0.717, 1.165) is 31.0 Å². The van der Waals surface area contributed by atoms with Crippen molar-refractivity contribution in [1.82, 2.24) is 5.32 Å². The number of carbonyl (C=O) groups excluding carboxylic acids is 1. The molecule has 1 atom stereocenters. The lowest BCUT2D eigenvalue weighted by Crippen LogP contribution is -2.37. The van der Waals surface area contributed by atoms with Crippen LogP contribution in [-0.4, -0.2) is 30.1 Å². The molecular formula is C16H20N2O3. The second-order valence-corrected chi connectivity index (χ2v) is 5.31. The number of carboxylic acid groups (broad SMARTS) is 1. The second-order valence-electron chi connectivity index (χ2n) is 5.31. The third-order valence-electron chi connectivity index (χ3n) is 3.97. The summed E-state index contributed by atoms with van der Waals surface area (Å²) in [6.45, 7) is 3.59. The normalized spacial score (nSPS) is 21.6. The Balaban J connectivity index is 2.10. The van der Waals surface area contributed by atoms with E-state index in [1.165, 1.54) is 6.08 Å². The Labute approximate surface area is 124 Å². The minimum Gasteiger partial charge on any atom is -0.478 e. The van der Waals surface area contributed by atoms with Gasteiger partial charge in [0.1, 0.15) is 0 Å². The Kier molecular flexibility index (Phi) is 4.75. The number of carboxylic acids is 1. The van der Waals surface area contributed by atoms with Gasteiger partial charge < -0.3 is 15.7 Å². The van der Waals surface area contributed by atoms with Crippen LogP contribution < -0.4 is 10.6 Å². The van der Waals surface area contributed by atoms with Crippen molar-refractivity contribution >= 4 is 23.6 Å². The maximum absolute atomic E-state index is 12.5. The summed E-state index contributed by atoms with van der Waals surface area (Å²) in [5.74, 6) is -0.972. The first-order valence-electron chi connectivity index (χ1n) is 7.09. The van der Waals surface area contributed by atoms with Gasteiger partial charge in [0.05, 0.1) is 5.41 Å². The molecule has 3 N–H and O–H groups in total. The van der Waals surface area contributed by atoms with Crippen LogP contribution in [0.15, 0.2) is 30.3 Å². The van der Waals surface area contributed by atoms with Crippen molar-refractivity contribution in [2.75, 3.05) is 18.4 Å². The molecular weight excluding hydrogens is 268 g/mol. The van der Waals surface area contributed by atoms with Crippen molar-refractivity contribution in [1.29, 1.82) is 0 Å². The van der Waals surface area contributed by atoms with Gasteiger partial charge in [-0.3, -0.25) is 4.79 Å². The zero-order valence-electron chi connectivity index (χ0n) is 12.1. The van der Waals surface area contributed by atoms with Gasteiger partial charge in [0.25, 0.3) is 0 Å². The first kappa shape index (κ1) is 15.3. The number of carbonyl (C=O) groups is 2. The highest BCUT2D eigenvalue weighted by atomic mass is 16.4. The summed E-state index contributed by atoms with van der Waals surface area (Å²) in [5.41, 5.74) is 1.09. The number of aliphatic carboxylic acids is 1. The maximum Gasteiger partial charge on any atom is 0.328 e. The third kappa shape index (κ3) is 3.70. The van der Waals surface area contributed by atoms with Gasteiger partial charge in [-0.25, -0.2) is 4.79 Å². The van der Waals surface area contributed by atoms with Gasteiger partial charge in [0.2, 0.25) is 5.91 Å². The van der Waals surface area contributed by atoms with Crippen LogP contribution in [-0.2, 0) is 9.59 Å². The van der Waals surface area contributed by atoms with Crippen molar-refractivity contribution in [2.45, 2.75) is 19.8 Å². The minimum absolute atomic E-state index is 0.0226. The van der Waals surface area contributed by atoms with Crippen LogP contribution >= 0.6 is 0 Å². The lowest BCUT2D eigenvalue weighted by Gasteiger charge is -2.25. The van der Waals surface area contributed by atoms with E-state index in [1.807, 2.05) is 13.0 Å². The number of amides is 1. The molecule has 1 unspecified atom stereocenters. The Morgan fingerprint density at radius 2 is 2.29 bits per heavy atom. The summed E-state index contributed by atoms with van der Waals surface area (Å²) in [4.78, 5) is 23.0. The summed E-state index contributed by atoms with van der Waals surface area (Å²) in [6.07, 6.45) is 4.22. The van der Waals surface area contributed by atoms with Crippen molar-refractivity contribution in [3.63, 3.8) is 0 Å². The molecule has 0 radical (unpaired) electrons. The van der Waals surface area contributed by atoms with Crippen LogP contribution in [0.25, 0.3) is 6.08 Å². The number of hydrogen-bond acceptors (Lipinski definition) is 3. The molecule has 1 aromatic rings. The van der Waals surface area contributed by atoms with E-state index in [-0.39, 0.29) is 11.3 Å². The number of anilines is 1. The Bertz CT molecular complexity index is 560. The fourth-order valence-corrected chi connectivity index (χ4v) is 2.55. The molecule has 0 aromatic heterocycles. The van der Waals surface area contributed by atoms with Crippen LogP contribution in [0.2, 0.25) is 0 Å². The molecule has 1 aliphatic heterocycles. The monoisotopic (exact) mass is 288 g/mol. The van der Waals surface area contributed by atoms with Crippen LogP contribution in [0, 0.1) is 5.41 Å². The van der Waals surface area contributed by atoms with Crippen molar-refractivity contribution in [3.8, 4) is 0 Å². The van der Waals surface area contributed by atoms with Gasteiger partial charge >= 0.3 is 5.97 Å². The zero-order chi connectivity index (χ0) is 15.3. The standard InChI is InChI=1S/C16H20N2O3/c1-2-16(8-9-17-11-16)15(21)18-13-5-3-4-12(10-13)6-7-14(19)20/h3-7,10,17H,2,8-9,11H2,1H3,(H,18,21)(H,19,20)/b7-6+. The van der Waals surface area contributed by atoms with Gasteiger partial charge in [0.15, 0.2) is 0 Å². The molecule has 2 rings (SSSR count). The smallest absolute Gasteiger partial charge is 0.328 e. The SMILES string of the molecule is CCC1(C(=O)Nc2cccc(/C=C/C(=O)O)c2)CCNC1. The van der Waals surface area contributed by atoms with Crippen molar-refractivity contribution in [3.05, 3.63) is 35.9 Å². The lowest BCUT2D eigenvalue weighted by molar-refractivity contribution is -0.131. The van der Waals surface area contributed by atoms with Gasteiger partial charge in [-0.15, -0.1) is 0 Å². The molecule has 0 aliphatic carbocycles. The number of hydrogen-bond donors (Lipinski definition) is 3. The Hall–Kier alpha value is -2.14. The predicted octanol–water partition coefficient (Wildman–Crippen LogP) is 2.11. The van der Waals surface area contributed by atoms with Gasteiger partial charge in [0, 0.05) is 18.3 Å². The molecule has 1 aliphatic rings. The van der Waals surface area contributed by atoms with Crippen LogP contribution in [0.5, 0.6) is 0 Å². The van der Waals surface area contributed by atoms with E-state index < -0.39 is 5.97 Å². The topological polar surface area (TPSA) is 78.4 Å². The molecule has 0 bridgehead atoms. The minimum atomic E-state index is -0.994. The zero-order valence-corrected chi connectivity index (χ0v) is 12.1. The molecule has 1 aromatic carbocycles. The number of benzene rings is 1. The van der Waals surface area contributed by atoms with Crippen molar-refractivity contribution < 1.29 is 14.7 Å². The van der Waals surface area contributed by atoms with Crippen LogP contribution in [0.1, 0.15) is 25.3 Å². The molecule has 0 spiro atoms. The number of nitrogens with one attached hydrogen (secondary N) is 2. The lowest BCUT2D eigenvalue weighted by atomic mass is 9.83. The predicted molar refractivity (Wildman–Crippen MR) is 82.0 cm³/mol. The van der Waals surface area contributed by atoms with E-state index >= 15 is 0 Å². The van der Waals surface area contributed by atoms with Gasteiger partial charge in [-0.05, 0) is 43.2 Å². The summed E-state index contributed by atoms with van der Waals surface area (Å²) in [5, 5.41) is 14.8. The molecule has 1 heterocycles. The molecule has 1 saturated heterocycles. The Morgan fingerprint density at radius 3 is 2.90 bits per heavy atom. The largest absolute Gasteiger partial charge is 0.478 e. The summed E-state index contributed by atoms with van der Waals surface area (Å²) in [6, 6.07) is 7.16. The first-order valence-corrected chi connectivity index (χ1v) is 7.09. The fourth-order valence-electron chi connectivity index (χ4n) is 2.55. The molecule has 5 heteroatoms. The average molecular weight is 288 g/mol. The second kappa shape index (κ2) is 6.54. The molecule has 1 fully saturated rings. The molecule has 21 heavy (non-hydrogen) atoms. The quantitative estimate of drug-likeness (QED) is 0.725. The van der Waals surface area contributed by atoms with Crippen LogP contribution in [0.4, 0.5) is 5.69 Å². The third-order valence-corrected chi connectivity index (χ3v) is 3.97. The molecule has 5 nitrogen and oxygen atoms in total. The molecule has 1 amide bonds. The highest BCUT2D eigenvalue weighted by Gasteiger charge is 2.39. The summed E-state index contributed by atoms with van der Waals surface area (Å²) >= 11 is 0. The highest BCUT2D eigenvalue weighted by Crippen LogP contribution is 2.31. The summed E-state index contributed by atoms with van der Waals surface area (Å²) in [7, 11) is 0. The Morgan fingerprint density at radius 1 is 1.48 bits per heavy atom. The van der Waals surface area contributed by atoms with Crippen LogP contribution in [0.3, 0.4) is 0 Å². The van der Waals surface area contributed by atoms with Gasteiger partial charge in [-0.1, -0.05) is 19.1 Å².